The van der Waals surface area contributed by atoms with Gasteiger partial charge in [-0.05, 0) is 18.8 Å². The summed E-state index contributed by atoms with van der Waals surface area (Å²) in [6.45, 7) is 17.3. The molecule has 2 atom stereocenters. The molecule has 6 heteroatoms. The van der Waals surface area contributed by atoms with Gasteiger partial charge in [-0.3, -0.25) is 9.59 Å². The highest BCUT2D eigenvalue weighted by atomic mass is 28.3. The number of hydrogen-bond donors (Lipinski definition) is 0. The van der Waals surface area contributed by atoms with Crippen LogP contribution in [0.2, 0.25) is 49.9 Å². The zero-order valence-electron chi connectivity index (χ0n) is 16.7. The average Bonchev–Trinajstić information content (AvgIpc) is 2.38. The van der Waals surface area contributed by atoms with Crippen LogP contribution in [0, 0.1) is 5.92 Å². The van der Waals surface area contributed by atoms with Gasteiger partial charge < -0.3 is 9.47 Å². The van der Waals surface area contributed by atoms with Gasteiger partial charge in [0.2, 0.25) is 0 Å². The number of rotatable bonds is 8. The summed E-state index contributed by atoms with van der Waals surface area (Å²) in [5.74, 6) is 0.0257. The molecule has 0 amide bonds. The summed E-state index contributed by atoms with van der Waals surface area (Å²) in [5, 5.41) is -0.560. The predicted octanol–water partition coefficient (Wildman–Crippen LogP) is 4.56. The molecule has 0 aliphatic heterocycles. The van der Waals surface area contributed by atoms with E-state index in [1.165, 1.54) is 14.2 Å². The molecule has 0 aliphatic carbocycles. The molecular formula is C17H36O4Si2. The lowest BCUT2D eigenvalue weighted by atomic mass is 9.91. The first-order valence-corrected chi connectivity index (χ1v) is 15.5. The lowest BCUT2D eigenvalue weighted by Gasteiger charge is -2.45. The molecule has 0 aromatic rings. The van der Waals surface area contributed by atoms with Crippen molar-refractivity contribution in [2.24, 2.45) is 5.92 Å². The second-order valence-corrected chi connectivity index (χ2v) is 20.0. The molecule has 0 aromatic carbocycles. The molecule has 0 heterocycles. The molecule has 4 nitrogen and oxygen atoms in total. The minimum atomic E-state index is -1.94. The molecule has 0 rings (SSSR count). The molecule has 0 N–H and O–H groups in total. The lowest BCUT2D eigenvalue weighted by Crippen LogP contribution is -2.50. The normalized spacial score (nSPS) is 16.7. The van der Waals surface area contributed by atoms with E-state index in [2.05, 4.69) is 53.1 Å². The second-order valence-electron chi connectivity index (χ2n) is 9.07. The Morgan fingerprint density at radius 1 is 0.913 bits per heavy atom. The van der Waals surface area contributed by atoms with Crippen molar-refractivity contribution in [3.05, 3.63) is 0 Å². The van der Waals surface area contributed by atoms with Gasteiger partial charge in [-0.2, -0.15) is 0 Å². The fraction of sp³-hybridized carbons (Fsp3) is 0.882. The Kier molecular flexibility index (Phi) is 7.75. The zero-order valence-corrected chi connectivity index (χ0v) is 18.7. The summed E-state index contributed by atoms with van der Waals surface area (Å²) in [6, 6.07) is 0. The highest BCUT2D eigenvalue weighted by Crippen LogP contribution is 2.53. The predicted molar refractivity (Wildman–Crippen MR) is 101 cm³/mol. The van der Waals surface area contributed by atoms with Crippen LogP contribution in [-0.2, 0) is 19.1 Å². The molecule has 23 heavy (non-hydrogen) atoms. The standard InChI is InChI=1S/C17H36O4Si2/c1-13(2)11-17(16(19)21-4,23(8,9)10)12-14(15(18)20-3)22(5,6)7/h13-14H,11-12H2,1-10H3. The maximum Gasteiger partial charge on any atom is 0.308 e. The molecule has 136 valence electrons. The largest absolute Gasteiger partial charge is 0.469 e. The minimum absolute atomic E-state index is 0.155. The van der Waals surface area contributed by atoms with Crippen LogP contribution in [0.4, 0.5) is 0 Å². The molecule has 2 unspecified atom stereocenters. The summed E-state index contributed by atoms with van der Waals surface area (Å²) >= 11 is 0. The average molecular weight is 361 g/mol. The Morgan fingerprint density at radius 3 is 1.65 bits per heavy atom. The van der Waals surface area contributed by atoms with Crippen molar-refractivity contribution in [2.75, 3.05) is 14.2 Å². The first kappa shape index (κ1) is 22.4. The van der Waals surface area contributed by atoms with E-state index < -0.39 is 21.2 Å². The van der Waals surface area contributed by atoms with E-state index in [1.54, 1.807) is 0 Å². The topological polar surface area (TPSA) is 52.6 Å². The van der Waals surface area contributed by atoms with Gasteiger partial charge in [0.25, 0.3) is 0 Å². The number of carbonyl (C=O) groups excluding carboxylic acids is 2. The Morgan fingerprint density at radius 2 is 1.39 bits per heavy atom. The van der Waals surface area contributed by atoms with Gasteiger partial charge in [0.1, 0.15) is 0 Å². The third-order valence-electron chi connectivity index (χ3n) is 4.85. The van der Waals surface area contributed by atoms with Crippen LogP contribution in [-0.4, -0.2) is 42.3 Å². The van der Waals surface area contributed by atoms with Crippen molar-refractivity contribution in [1.29, 1.82) is 0 Å². The number of ether oxygens (including phenoxy) is 2. The Bertz CT molecular complexity index is 421. The third-order valence-corrected chi connectivity index (χ3v) is 10.9. The summed E-state index contributed by atoms with van der Waals surface area (Å²) in [5.41, 5.74) is -0.197. The molecule has 0 aromatic heterocycles. The van der Waals surface area contributed by atoms with Crippen LogP contribution in [0.1, 0.15) is 26.7 Å². The number of hydrogen-bond acceptors (Lipinski definition) is 4. The summed E-state index contributed by atoms with van der Waals surface area (Å²) in [7, 11) is -0.879. The fourth-order valence-corrected chi connectivity index (χ4v) is 7.84. The lowest BCUT2D eigenvalue weighted by molar-refractivity contribution is -0.146. The number of carbonyl (C=O) groups is 2. The summed E-state index contributed by atoms with van der Waals surface area (Å²) in [6.07, 6.45) is 1.31. The molecule has 0 spiro atoms. The van der Waals surface area contributed by atoms with Gasteiger partial charge in [0.05, 0.1) is 40.9 Å². The molecular weight excluding hydrogens is 324 g/mol. The third kappa shape index (κ3) is 5.45. The first-order chi connectivity index (χ1) is 10.2. The van der Waals surface area contributed by atoms with Crippen LogP contribution < -0.4 is 0 Å². The van der Waals surface area contributed by atoms with E-state index in [0.29, 0.717) is 12.3 Å². The molecule has 0 fully saturated rings. The minimum Gasteiger partial charge on any atom is -0.469 e. The highest BCUT2D eigenvalue weighted by molar-refractivity contribution is 6.83. The van der Waals surface area contributed by atoms with Gasteiger partial charge >= 0.3 is 11.9 Å². The molecule has 0 saturated heterocycles. The van der Waals surface area contributed by atoms with Crippen LogP contribution in [0.15, 0.2) is 0 Å². The summed E-state index contributed by atoms with van der Waals surface area (Å²) < 4.78 is 10.3. The highest BCUT2D eigenvalue weighted by Gasteiger charge is 2.54. The van der Waals surface area contributed by atoms with E-state index in [4.69, 9.17) is 9.47 Å². The van der Waals surface area contributed by atoms with Crippen molar-refractivity contribution in [1.82, 2.24) is 0 Å². The van der Waals surface area contributed by atoms with Crippen molar-refractivity contribution in [2.45, 2.75) is 76.6 Å². The Hall–Kier alpha value is -0.626. The van der Waals surface area contributed by atoms with E-state index in [0.717, 1.165) is 6.42 Å². The number of methoxy groups -OCH3 is 2. The van der Waals surface area contributed by atoms with Gasteiger partial charge in [0.15, 0.2) is 0 Å². The molecule has 0 bridgehead atoms. The van der Waals surface area contributed by atoms with Crippen LogP contribution >= 0.6 is 0 Å². The maximum absolute atomic E-state index is 12.9. The van der Waals surface area contributed by atoms with Crippen molar-refractivity contribution in [3.63, 3.8) is 0 Å². The maximum atomic E-state index is 12.9. The number of esters is 2. The van der Waals surface area contributed by atoms with Gasteiger partial charge in [-0.25, -0.2) is 0 Å². The second kappa shape index (κ2) is 7.97. The Labute approximate surface area is 144 Å². The van der Waals surface area contributed by atoms with E-state index in [9.17, 15) is 9.59 Å². The monoisotopic (exact) mass is 360 g/mol. The SMILES string of the molecule is COC(=O)C(CC(CC(C)C)(C(=O)OC)[Si](C)(C)C)[Si](C)(C)C. The van der Waals surface area contributed by atoms with Crippen LogP contribution in [0.3, 0.4) is 0 Å². The molecule has 0 saturated carbocycles. The fourth-order valence-electron chi connectivity index (χ4n) is 3.29. The van der Waals surface area contributed by atoms with Gasteiger partial charge in [0, 0.05) is 0 Å². The van der Waals surface area contributed by atoms with E-state index >= 15 is 0 Å². The smallest absolute Gasteiger partial charge is 0.308 e. The molecule has 0 radical (unpaired) electrons. The zero-order chi connectivity index (χ0) is 18.6. The van der Waals surface area contributed by atoms with Crippen molar-refractivity contribution in [3.8, 4) is 0 Å². The van der Waals surface area contributed by atoms with Crippen LogP contribution in [0.5, 0.6) is 0 Å². The molecule has 0 aliphatic rings. The van der Waals surface area contributed by atoms with E-state index in [-0.39, 0.29) is 17.5 Å². The van der Waals surface area contributed by atoms with E-state index in [1.807, 2.05) is 0 Å². The van der Waals surface area contributed by atoms with Crippen LogP contribution in [0.25, 0.3) is 0 Å². The van der Waals surface area contributed by atoms with Crippen molar-refractivity contribution >= 4 is 28.1 Å². The van der Waals surface area contributed by atoms with Gasteiger partial charge in [-0.15, -0.1) is 0 Å². The van der Waals surface area contributed by atoms with Gasteiger partial charge in [-0.1, -0.05) is 53.1 Å². The quantitative estimate of drug-likeness (QED) is 0.470. The Balaban J connectivity index is 6.11. The first-order valence-electron chi connectivity index (χ1n) is 8.39. The van der Waals surface area contributed by atoms with Crippen molar-refractivity contribution < 1.29 is 19.1 Å². The summed E-state index contributed by atoms with van der Waals surface area (Å²) in [4.78, 5) is 25.3.